The Hall–Kier alpha value is -0.610. The van der Waals surface area contributed by atoms with Crippen LogP contribution in [0.5, 0.6) is 0 Å². The van der Waals surface area contributed by atoms with E-state index in [1.54, 1.807) is 25.8 Å². The first-order valence-corrected chi connectivity index (χ1v) is 6.08. The van der Waals surface area contributed by atoms with E-state index < -0.39 is 5.60 Å². The molecule has 0 saturated heterocycles. The molecule has 0 spiro atoms. The molecule has 0 radical (unpaired) electrons. The number of hydrogen-bond acceptors (Lipinski definition) is 3. The van der Waals surface area contributed by atoms with E-state index in [1.165, 1.54) is 25.7 Å². The van der Waals surface area contributed by atoms with Gasteiger partial charge in [-0.15, -0.1) is 0 Å². The number of carbonyl (C=O) groups excluding carboxylic acids is 1. The fourth-order valence-electron chi connectivity index (χ4n) is 2.17. The molecule has 0 aromatic heterocycles. The summed E-state index contributed by atoms with van der Waals surface area (Å²) in [6, 6.07) is 0.513. The Kier molecular flexibility index (Phi) is 4.74. The monoisotopic (exact) mass is 228 g/mol. The molecule has 2 N–H and O–H groups in total. The second kappa shape index (κ2) is 5.64. The van der Waals surface area contributed by atoms with Gasteiger partial charge in [0, 0.05) is 19.6 Å². The first-order valence-electron chi connectivity index (χ1n) is 6.08. The van der Waals surface area contributed by atoms with E-state index in [0.717, 1.165) is 0 Å². The predicted molar refractivity (Wildman–Crippen MR) is 64.2 cm³/mol. The highest BCUT2D eigenvalue weighted by Gasteiger charge is 2.20. The Balaban J connectivity index is 2.23. The fraction of sp³-hybridized carbons (Fsp3) is 0.917. The van der Waals surface area contributed by atoms with Gasteiger partial charge in [-0.2, -0.15) is 0 Å². The third-order valence-corrected chi connectivity index (χ3v) is 2.95. The maximum absolute atomic E-state index is 11.7. The Bertz CT molecular complexity index is 230. The smallest absolute Gasteiger partial charge is 0.236 e. The average Bonchev–Trinajstić information content (AvgIpc) is 2.63. The van der Waals surface area contributed by atoms with Crippen LogP contribution in [0.2, 0.25) is 0 Å². The molecule has 4 heteroatoms. The molecule has 0 aliphatic heterocycles. The van der Waals surface area contributed by atoms with Crippen molar-refractivity contribution in [2.45, 2.75) is 51.2 Å². The van der Waals surface area contributed by atoms with Crippen LogP contribution in [0.4, 0.5) is 0 Å². The molecule has 16 heavy (non-hydrogen) atoms. The van der Waals surface area contributed by atoms with E-state index in [4.69, 9.17) is 0 Å². The Morgan fingerprint density at radius 2 is 2.00 bits per heavy atom. The van der Waals surface area contributed by atoms with Gasteiger partial charge < -0.3 is 15.3 Å². The predicted octanol–water partition coefficient (Wildman–Crippen LogP) is 0.748. The lowest BCUT2D eigenvalue weighted by atomic mass is 10.1. The lowest BCUT2D eigenvalue weighted by molar-refractivity contribution is -0.131. The molecule has 0 atom stereocenters. The van der Waals surface area contributed by atoms with E-state index >= 15 is 0 Å². The molecule has 1 fully saturated rings. The summed E-state index contributed by atoms with van der Waals surface area (Å²) >= 11 is 0. The van der Waals surface area contributed by atoms with Crippen molar-refractivity contribution in [2.24, 2.45) is 0 Å². The zero-order valence-corrected chi connectivity index (χ0v) is 10.6. The number of amides is 1. The molecule has 1 amide bonds. The van der Waals surface area contributed by atoms with Gasteiger partial charge in [0.25, 0.3) is 0 Å². The van der Waals surface area contributed by atoms with Crippen molar-refractivity contribution in [1.82, 2.24) is 10.2 Å². The van der Waals surface area contributed by atoms with Crippen LogP contribution in [-0.2, 0) is 4.79 Å². The van der Waals surface area contributed by atoms with Gasteiger partial charge in [-0.25, -0.2) is 0 Å². The molecule has 0 bridgehead atoms. The molecule has 1 rings (SSSR count). The summed E-state index contributed by atoms with van der Waals surface area (Å²) in [5, 5.41) is 12.9. The standard InChI is InChI=1S/C12H24N2O2/c1-12(2,16)9-14(3)11(15)8-13-10-6-4-5-7-10/h10,13,16H,4-9H2,1-3H3. The zero-order chi connectivity index (χ0) is 12.2. The summed E-state index contributed by atoms with van der Waals surface area (Å²) in [6.07, 6.45) is 4.90. The highest BCUT2D eigenvalue weighted by Crippen LogP contribution is 2.17. The minimum Gasteiger partial charge on any atom is -0.389 e. The molecule has 0 unspecified atom stereocenters. The lowest BCUT2D eigenvalue weighted by Gasteiger charge is -2.26. The molecule has 4 nitrogen and oxygen atoms in total. The fourth-order valence-corrected chi connectivity index (χ4v) is 2.17. The van der Waals surface area contributed by atoms with Crippen LogP contribution in [0.15, 0.2) is 0 Å². The topological polar surface area (TPSA) is 52.6 Å². The average molecular weight is 228 g/mol. The van der Waals surface area contributed by atoms with Crippen molar-refractivity contribution in [3.05, 3.63) is 0 Å². The van der Waals surface area contributed by atoms with Crippen molar-refractivity contribution < 1.29 is 9.90 Å². The summed E-state index contributed by atoms with van der Waals surface area (Å²) in [6.45, 7) is 4.18. The van der Waals surface area contributed by atoms with E-state index in [0.29, 0.717) is 19.1 Å². The third kappa shape index (κ3) is 4.94. The largest absolute Gasteiger partial charge is 0.389 e. The van der Waals surface area contributed by atoms with Gasteiger partial charge in [-0.3, -0.25) is 4.79 Å². The van der Waals surface area contributed by atoms with Gasteiger partial charge in [0.2, 0.25) is 5.91 Å². The molecular formula is C12H24N2O2. The van der Waals surface area contributed by atoms with Crippen LogP contribution >= 0.6 is 0 Å². The maximum atomic E-state index is 11.7. The van der Waals surface area contributed by atoms with E-state index in [1.807, 2.05) is 0 Å². The molecule has 0 aromatic carbocycles. The van der Waals surface area contributed by atoms with E-state index in [-0.39, 0.29) is 5.91 Å². The summed E-state index contributed by atoms with van der Waals surface area (Å²) < 4.78 is 0. The van der Waals surface area contributed by atoms with Crippen molar-refractivity contribution in [3.8, 4) is 0 Å². The number of carbonyl (C=O) groups is 1. The van der Waals surface area contributed by atoms with Crippen molar-refractivity contribution in [1.29, 1.82) is 0 Å². The van der Waals surface area contributed by atoms with Crippen LogP contribution in [0.3, 0.4) is 0 Å². The van der Waals surface area contributed by atoms with Crippen LogP contribution < -0.4 is 5.32 Å². The molecule has 94 valence electrons. The molecular weight excluding hydrogens is 204 g/mol. The number of aliphatic hydroxyl groups is 1. The van der Waals surface area contributed by atoms with E-state index in [2.05, 4.69) is 5.32 Å². The van der Waals surface area contributed by atoms with E-state index in [9.17, 15) is 9.90 Å². The van der Waals surface area contributed by atoms with Crippen LogP contribution in [0.25, 0.3) is 0 Å². The second-order valence-electron chi connectivity index (χ2n) is 5.42. The normalized spacial score (nSPS) is 17.8. The molecule has 1 aliphatic carbocycles. The van der Waals surface area contributed by atoms with Crippen LogP contribution in [-0.4, -0.2) is 47.7 Å². The number of nitrogens with one attached hydrogen (secondary N) is 1. The molecule has 0 aromatic rings. The van der Waals surface area contributed by atoms with Gasteiger partial charge in [-0.05, 0) is 26.7 Å². The number of rotatable bonds is 5. The van der Waals surface area contributed by atoms with Gasteiger partial charge in [0.05, 0.1) is 12.1 Å². The molecule has 0 heterocycles. The Morgan fingerprint density at radius 1 is 1.44 bits per heavy atom. The van der Waals surface area contributed by atoms with Crippen LogP contribution in [0.1, 0.15) is 39.5 Å². The van der Waals surface area contributed by atoms with Gasteiger partial charge in [0.1, 0.15) is 0 Å². The Labute approximate surface area is 98.0 Å². The quantitative estimate of drug-likeness (QED) is 0.730. The lowest BCUT2D eigenvalue weighted by Crippen LogP contribution is -2.44. The first-order chi connectivity index (χ1) is 7.38. The molecule has 1 aliphatic rings. The Morgan fingerprint density at radius 3 is 2.50 bits per heavy atom. The van der Waals surface area contributed by atoms with Gasteiger partial charge in [0.15, 0.2) is 0 Å². The first kappa shape index (κ1) is 13.5. The SMILES string of the molecule is CN(CC(C)(C)O)C(=O)CNC1CCCC1. The van der Waals surface area contributed by atoms with Crippen molar-refractivity contribution in [2.75, 3.05) is 20.1 Å². The third-order valence-electron chi connectivity index (χ3n) is 2.95. The van der Waals surface area contributed by atoms with Crippen molar-refractivity contribution in [3.63, 3.8) is 0 Å². The summed E-state index contributed by atoms with van der Waals surface area (Å²) in [5.41, 5.74) is -0.822. The van der Waals surface area contributed by atoms with Gasteiger partial charge in [-0.1, -0.05) is 12.8 Å². The van der Waals surface area contributed by atoms with Crippen molar-refractivity contribution >= 4 is 5.91 Å². The molecule has 1 saturated carbocycles. The highest BCUT2D eigenvalue weighted by molar-refractivity contribution is 5.78. The summed E-state index contributed by atoms with van der Waals surface area (Å²) in [5.74, 6) is 0.0500. The van der Waals surface area contributed by atoms with Gasteiger partial charge >= 0.3 is 0 Å². The number of hydrogen-bond donors (Lipinski definition) is 2. The number of nitrogens with zero attached hydrogens (tertiary/aromatic N) is 1. The summed E-state index contributed by atoms with van der Waals surface area (Å²) in [4.78, 5) is 13.3. The second-order valence-corrected chi connectivity index (χ2v) is 5.42. The number of likely N-dealkylation sites (N-methyl/N-ethyl adjacent to an activating group) is 1. The summed E-state index contributed by atoms with van der Waals surface area (Å²) in [7, 11) is 1.73. The highest BCUT2D eigenvalue weighted by atomic mass is 16.3. The minimum atomic E-state index is -0.822. The minimum absolute atomic E-state index is 0.0500. The zero-order valence-electron chi connectivity index (χ0n) is 10.6. The maximum Gasteiger partial charge on any atom is 0.236 e. The van der Waals surface area contributed by atoms with Crippen LogP contribution in [0, 0.1) is 0 Å².